The summed E-state index contributed by atoms with van der Waals surface area (Å²) in [5.41, 5.74) is -0.858. The summed E-state index contributed by atoms with van der Waals surface area (Å²) in [5.74, 6) is -0.523. The molecule has 7 heteroatoms. The van der Waals surface area contributed by atoms with Crippen LogP contribution in [0.4, 0.5) is 5.69 Å². The van der Waals surface area contributed by atoms with Gasteiger partial charge in [0, 0.05) is 12.1 Å². The Labute approximate surface area is 108 Å². The topological polar surface area (TPSA) is 98.9 Å². The van der Waals surface area contributed by atoms with E-state index in [1.54, 1.807) is 0 Å². The largest absolute Gasteiger partial charge is 0.477 e. The quantitative estimate of drug-likeness (QED) is 0.351. The molecule has 0 heterocycles. The van der Waals surface area contributed by atoms with E-state index >= 15 is 0 Å². The van der Waals surface area contributed by atoms with Gasteiger partial charge in [0.2, 0.25) is 0 Å². The molecule has 1 N–H and O–H groups in total. The van der Waals surface area contributed by atoms with E-state index in [0.717, 1.165) is 12.1 Å². The maximum atomic E-state index is 10.9. The van der Waals surface area contributed by atoms with E-state index in [2.05, 4.69) is 0 Å². The van der Waals surface area contributed by atoms with Crippen molar-refractivity contribution in [2.45, 2.75) is 12.8 Å². The average Bonchev–Trinajstić information content (AvgIpc) is 3.18. The van der Waals surface area contributed by atoms with Crippen LogP contribution in [-0.2, 0) is 4.74 Å². The maximum absolute atomic E-state index is 10.9. The lowest BCUT2D eigenvalue weighted by Gasteiger charge is -2.07. The fraction of sp³-hybridized carbons (Fsp3) is 0.417. The zero-order valence-corrected chi connectivity index (χ0v) is 10.1. The van der Waals surface area contributed by atoms with E-state index in [9.17, 15) is 14.9 Å². The fourth-order valence-corrected chi connectivity index (χ4v) is 1.54. The SMILES string of the molecule is O=C(O)c1cc(OCOCC2CC2)ccc1[N+](=O)[O-]. The van der Waals surface area contributed by atoms with Crippen LogP contribution in [0.1, 0.15) is 23.2 Å². The van der Waals surface area contributed by atoms with Crippen LogP contribution in [0.2, 0.25) is 0 Å². The summed E-state index contributed by atoms with van der Waals surface area (Å²) < 4.78 is 10.4. The van der Waals surface area contributed by atoms with Crippen molar-refractivity contribution in [3.8, 4) is 5.75 Å². The van der Waals surface area contributed by atoms with E-state index in [0.29, 0.717) is 12.5 Å². The van der Waals surface area contributed by atoms with Gasteiger partial charge in [-0.1, -0.05) is 0 Å². The molecule has 0 unspecified atom stereocenters. The van der Waals surface area contributed by atoms with Crippen molar-refractivity contribution >= 4 is 11.7 Å². The van der Waals surface area contributed by atoms with Crippen molar-refractivity contribution < 1.29 is 24.3 Å². The van der Waals surface area contributed by atoms with Crippen molar-refractivity contribution in [3.63, 3.8) is 0 Å². The van der Waals surface area contributed by atoms with Crippen LogP contribution in [-0.4, -0.2) is 29.4 Å². The van der Waals surface area contributed by atoms with Gasteiger partial charge in [-0.3, -0.25) is 10.1 Å². The Kier molecular flexibility index (Phi) is 3.96. The average molecular weight is 267 g/mol. The van der Waals surface area contributed by atoms with Crippen LogP contribution in [0.3, 0.4) is 0 Å². The molecule has 0 aromatic heterocycles. The molecule has 0 saturated heterocycles. The molecule has 102 valence electrons. The number of carbonyl (C=O) groups is 1. The first kappa shape index (κ1) is 13.3. The molecule has 1 aliphatic rings. The van der Waals surface area contributed by atoms with Crippen molar-refractivity contribution in [2.75, 3.05) is 13.4 Å². The van der Waals surface area contributed by atoms with Crippen LogP contribution in [0, 0.1) is 16.0 Å². The predicted molar refractivity (Wildman–Crippen MR) is 64.2 cm³/mol. The van der Waals surface area contributed by atoms with Gasteiger partial charge in [0.25, 0.3) is 5.69 Å². The number of rotatable bonds is 7. The van der Waals surface area contributed by atoms with Gasteiger partial charge >= 0.3 is 5.97 Å². The van der Waals surface area contributed by atoms with E-state index in [1.807, 2.05) is 0 Å². The number of nitro groups is 1. The number of carboxylic acids is 1. The molecule has 1 aromatic rings. The number of ether oxygens (including phenoxy) is 2. The fourth-order valence-electron chi connectivity index (χ4n) is 1.54. The minimum absolute atomic E-state index is 0.00731. The lowest BCUT2D eigenvalue weighted by molar-refractivity contribution is -0.385. The number of carboxylic acid groups (broad SMARTS) is 1. The molecule has 1 saturated carbocycles. The first-order valence-corrected chi connectivity index (χ1v) is 5.80. The Morgan fingerprint density at radius 2 is 2.21 bits per heavy atom. The summed E-state index contributed by atoms with van der Waals surface area (Å²) in [4.78, 5) is 20.8. The molecule has 0 amide bonds. The van der Waals surface area contributed by atoms with Gasteiger partial charge in [-0.2, -0.15) is 0 Å². The number of nitro benzene ring substituents is 1. The second-order valence-electron chi connectivity index (χ2n) is 4.32. The number of benzene rings is 1. The number of aromatic carboxylic acids is 1. The molecule has 0 bridgehead atoms. The molecular weight excluding hydrogens is 254 g/mol. The first-order valence-electron chi connectivity index (χ1n) is 5.80. The second kappa shape index (κ2) is 5.66. The highest BCUT2D eigenvalue weighted by molar-refractivity contribution is 5.92. The molecule has 0 aliphatic heterocycles. The van der Waals surface area contributed by atoms with Crippen molar-refractivity contribution in [1.82, 2.24) is 0 Å². The minimum Gasteiger partial charge on any atom is -0.477 e. The van der Waals surface area contributed by atoms with E-state index < -0.39 is 22.1 Å². The Bertz CT molecular complexity index is 497. The third-order valence-electron chi connectivity index (χ3n) is 2.75. The highest BCUT2D eigenvalue weighted by Gasteiger charge is 2.22. The molecule has 7 nitrogen and oxygen atoms in total. The van der Waals surface area contributed by atoms with Crippen molar-refractivity contribution in [1.29, 1.82) is 0 Å². The summed E-state index contributed by atoms with van der Waals surface area (Å²) >= 11 is 0. The zero-order chi connectivity index (χ0) is 13.8. The third kappa shape index (κ3) is 3.65. The van der Waals surface area contributed by atoms with E-state index in [4.69, 9.17) is 14.6 Å². The predicted octanol–water partition coefficient (Wildman–Crippen LogP) is 2.06. The van der Waals surface area contributed by atoms with E-state index in [-0.39, 0.29) is 12.5 Å². The molecule has 19 heavy (non-hydrogen) atoms. The lowest BCUT2D eigenvalue weighted by Crippen LogP contribution is -2.07. The van der Waals surface area contributed by atoms with Crippen LogP contribution in [0.5, 0.6) is 5.75 Å². The first-order chi connectivity index (χ1) is 9.08. The number of hydrogen-bond acceptors (Lipinski definition) is 5. The standard InChI is InChI=1S/C12H13NO6/c14-12(15)10-5-9(3-4-11(10)13(16)17)19-7-18-6-8-1-2-8/h3-5,8H,1-2,6-7H2,(H,14,15). The third-order valence-corrected chi connectivity index (χ3v) is 2.75. The maximum Gasteiger partial charge on any atom is 0.342 e. The molecular formula is C12H13NO6. The van der Waals surface area contributed by atoms with Crippen molar-refractivity contribution in [2.24, 2.45) is 5.92 Å². The molecule has 2 rings (SSSR count). The molecule has 1 aliphatic carbocycles. The summed E-state index contributed by atoms with van der Waals surface area (Å²) in [5, 5.41) is 19.6. The monoisotopic (exact) mass is 267 g/mol. The van der Waals surface area contributed by atoms with E-state index in [1.165, 1.54) is 18.9 Å². The summed E-state index contributed by atoms with van der Waals surface area (Å²) in [6, 6.07) is 3.59. The number of hydrogen-bond donors (Lipinski definition) is 1. The van der Waals surface area contributed by atoms with Crippen molar-refractivity contribution in [3.05, 3.63) is 33.9 Å². The minimum atomic E-state index is -1.36. The normalized spacial score (nSPS) is 14.1. The number of nitrogens with zero attached hydrogens (tertiary/aromatic N) is 1. The highest BCUT2D eigenvalue weighted by atomic mass is 16.7. The lowest BCUT2D eigenvalue weighted by atomic mass is 10.2. The molecule has 1 fully saturated rings. The highest BCUT2D eigenvalue weighted by Crippen LogP contribution is 2.29. The molecule has 0 radical (unpaired) electrons. The zero-order valence-electron chi connectivity index (χ0n) is 10.1. The Hall–Kier alpha value is -2.15. The summed E-state index contributed by atoms with van der Waals surface area (Å²) in [6.07, 6.45) is 2.33. The van der Waals surface area contributed by atoms with Gasteiger partial charge in [0.1, 0.15) is 11.3 Å². The summed E-state index contributed by atoms with van der Waals surface area (Å²) in [6.45, 7) is 0.631. The second-order valence-corrected chi connectivity index (χ2v) is 4.32. The molecule has 0 spiro atoms. The Morgan fingerprint density at radius 3 is 2.79 bits per heavy atom. The van der Waals surface area contributed by atoms with Gasteiger partial charge < -0.3 is 14.6 Å². The van der Waals surface area contributed by atoms with Crippen LogP contribution in [0.25, 0.3) is 0 Å². The van der Waals surface area contributed by atoms with Gasteiger partial charge in [0.05, 0.1) is 11.5 Å². The Balaban J connectivity index is 1.98. The van der Waals surface area contributed by atoms with Gasteiger partial charge in [-0.25, -0.2) is 4.79 Å². The molecule has 0 atom stereocenters. The summed E-state index contributed by atoms with van der Waals surface area (Å²) in [7, 11) is 0. The van der Waals surface area contributed by atoms with Gasteiger partial charge in [0.15, 0.2) is 6.79 Å². The molecule has 1 aromatic carbocycles. The Morgan fingerprint density at radius 1 is 1.47 bits per heavy atom. The van der Waals surface area contributed by atoms with Crippen LogP contribution in [0.15, 0.2) is 18.2 Å². The van der Waals surface area contributed by atoms with Crippen LogP contribution >= 0.6 is 0 Å². The van der Waals surface area contributed by atoms with Crippen LogP contribution < -0.4 is 4.74 Å². The van der Waals surface area contributed by atoms with Gasteiger partial charge in [-0.05, 0) is 24.8 Å². The van der Waals surface area contributed by atoms with Gasteiger partial charge in [-0.15, -0.1) is 0 Å². The smallest absolute Gasteiger partial charge is 0.342 e.